The fourth-order valence-corrected chi connectivity index (χ4v) is 1.19. The van der Waals surface area contributed by atoms with E-state index in [0.717, 1.165) is 22.8 Å². The Morgan fingerprint density at radius 3 is 2.91 bits per heavy atom. The lowest BCUT2D eigenvalue weighted by atomic mass is 10.2. The zero-order valence-corrected chi connectivity index (χ0v) is 5.87. The van der Waals surface area contributed by atoms with Crippen molar-refractivity contribution in [2.24, 2.45) is 0 Å². The maximum atomic E-state index is 10.5. The molecule has 11 heavy (non-hydrogen) atoms. The van der Waals surface area contributed by atoms with E-state index in [1.807, 2.05) is 24.3 Å². The number of rotatable bonds is 1. The molecule has 0 aliphatic rings. The fourth-order valence-electron chi connectivity index (χ4n) is 1.19. The van der Waals surface area contributed by atoms with Gasteiger partial charge in [0.1, 0.15) is 0 Å². The van der Waals surface area contributed by atoms with Gasteiger partial charge in [0.25, 0.3) is 0 Å². The molecule has 1 aromatic heterocycles. The predicted octanol–water partition coefficient (Wildman–Crippen LogP) is 1.98. The van der Waals surface area contributed by atoms with Gasteiger partial charge >= 0.3 is 0 Å². The van der Waals surface area contributed by atoms with Gasteiger partial charge in [-0.1, -0.05) is 18.2 Å². The van der Waals surface area contributed by atoms with Crippen molar-refractivity contribution in [2.45, 2.75) is 0 Å². The molecule has 0 saturated carbocycles. The molecule has 1 heterocycles. The molecule has 0 aliphatic heterocycles. The summed E-state index contributed by atoms with van der Waals surface area (Å²) in [5.41, 5.74) is 1.73. The molecular formula is C9H7NO. The second-order valence-electron chi connectivity index (χ2n) is 2.41. The molecule has 0 unspecified atom stereocenters. The number of nitrogens with one attached hydrogen (secondary N) is 1. The number of carbonyl (C=O) groups excluding carboxylic acids is 1. The number of H-pyrrole nitrogens is 1. The number of hydrogen-bond donors (Lipinski definition) is 1. The lowest BCUT2D eigenvalue weighted by Crippen LogP contribution is -1.72. The minimum Gasteiger partial charge on any atom is -0.360 e. The molecule has 0 saturated heterocycles. The van der Waals surface area contributed by atoms with E-state index in [9.17, 15) is 4.79 Å². The lowest BCUT2D eigenvalue weighted by molar-refractivity contribution is 0.112. The second kappa shape index (κ2) is 2.23. The van der Waals surface area contributed by atoms with Gasteiger partial charge < -0.3 is 4.98 Å². The molecule has 0 spiro atoms. The number of hydrogen-bond acceptors (Lipinski definition) is 1. The number of fused-ring (bicyclic) bond motifs is 1. The van der Waals surface area contributed by atoms with Crippen molar-refractivity contribution in [1.82, 2.24) is 4.98 Å². The molecule has 0 aliphatic carbocycles. The highest BCUT2D eigenvalue weighted by atomic mass is 16.2. The minimum atomic E-state index is 0.723. The molecule has 54 valence electrons. The van der Waals surface area contributed by atoms with Crippen molar-refractivity contribution < 1.29 is 4.79 Å². The Kier molecular flexibility index (Phi) is 1.25. The monoisotopic (exact) mass is 146 g/mol. The zero-order chi connectivity index (χ0) is 7.68. The lowest BCUT2D eigenvalue weighted by Gasteiger charge is -1.86. The van der Waals surface area contributed by atoms with E-state index >= 15 is 0 Å². The van der Waals surface area contributed by atoms with Gasteiger partial charge in [0, 0.05) is 22.7 Å². The topological polar surface area (TPSA) is 32.9 Å². The minimum absolute atomic E-state index is 0.723. The van der Waals surface area contributed by atoms with Gasteiger partial charge in [0.2, 0.25) is 0 Å². The van der Waals surface area contributed by atoms with E-state index in [4.69, 9.17) is 0 Å². The van der Waals surface area contributed by atoms with Crippen molar-refractivity contribution in [1.29, 1.82) is 0 Å². The van der Waals surface area contributed by atoms with Gasteiger partial charge in [0.05, 0.1) is 0 Å². The maximum absolute atomic E-state index is 10.5. The molecule has 2 rings (SSSR count). The van der Waals surface area contributed by atoms with Gasteiger partial charge in [-0.05, 0) is 6.07 Å². The fraction of sp³-hybridized carbons (Fsp3) is 0. The molecule has 2 heteroatoms. The summed E-state index contributed by atoms with van der Waals surface area (Å²) in [7, 11) is 0. The quantitative estimate of drug-likeness (QED) is 0.484. The zero-order valence-electron chi connectivity index (χ0n) is 5.87. The van der Waals surface area contributed by atoms with Crippen molar-refractivity contribution in [3.63, 3.8) is 0 Å². The van der Waals surface area contributed by atoms with Crippen LogP contribution in [-0.2, 0) is 0 Å². The first-order valence-corrected chi connectivity index (χ1v) is 3.43. The number of aldehydes is 1. The molecule has 0 amide bonds. The average molecular weight is 146 g/mol. The average Bonchev–Trinajstić information content (AvgIpc) is 2.47. The van der Waals surface area contributed by atoms with E-state index in [-0.39, 0.29) is 0 Å². The third-order valence-electron chi connectivity index (χ3n) is 1.75. The van der Waals surface area contributed by atoms with Crippen molar-refractivity contribution in [3.05, 3.63) is 36.0 Å². The van der Waals surface area contributed by atoms with Crippen molar-refractivity contribution in [3.8, 4) is 0 Å². The number of para-hydroxylation sites is 1. The molecule has 0 atom stereocenters. The Morgan fingerprint density at radius 1 is 1.27 bits per heavy atom. The highest BCUT2D eigenvalue weighted by molar-refractivity contribution is 5.96. The van der Waals surface area contributed by atoms with E-state index in [2.05, 4.69) is 4.98 Å². The van der Waals surface area contributed by atoms with Gasteiger partial charge in [-0.15, -0.1) is 0 Å². The van der Waals surface area contributed by atoms with Crippen LogP contribution in [0.1, 0.15) is 10.4 Å². The normalized spacial score (nSPS) is 10.2. The molecule has 0 fully saturated rings. The summed E-state index contributed by atoms with van der Waals surface area (Å²) in [5, 5.41) is 0.988. The van der Waals surface area contributed by atoms with Gasteiger partial charge in [-0.2, -0.15) is 0 Å². The highest BCUT2D eigenvalue weighted by Crippen LogP contribution is 2.14. The standard InChI is InChI=1S/C9H7NO/c11-6-7-5-10-9-4-2-1-3-8(7)9/h1-6,10H/i6+1. The summed E-state index contributed by atoms with van der Waals surface area (Å²) in [4.78, 5) is 13.5. The van der Waals surface area contributed by atoms with E-state index in [1.54, 1.807) is 6.20 Å². The van der Waals surface area contributed by atoms with Crippen LogP contribution >= 0.6 is 0 Å². The van der Waals surface area contributed by atoms with Crippen molar-refractivity contribution in [2.75, 3.05) is 0 Å². The summed E-state index contributed by atoms with van der Waals surface area (Å²) in [6.45, 7) is 0. The van der Waals surface area contributed by atoms with Crippen molar-refractivity contribution >= 4 is 17.2 Å². The third-order valence-corrected chi connectivity index (χ3v) is 1.75. The SMILES string of the molecule is O=[13CH]c1c[nH]c2ccccc12. The van der Waals surface area contributed by atoms with Gasteiger partial charge in [0.15, 0.2) is 6.29 Å². The van der Waals surface area contributed by atoms with Crippen LogP contribution < -0.4 is 0 Å². The Balaban J connectivity index is 2.86. The Bertz CT molecular complexity index is 389. The Morgan fingerprint density at radius 2 is 2.09 bits per heavy atom. The summed E-state index contributed by atoms with van der Waals surface area (Å²) in [6.07, 6.45) is 2.58. The number of aromatic nitrogens is 1. The van der Waals surface area contributed by atoms with E-state index in [0.29, 0.717) is 0 Å². The smallest absolute Gasteiger partial charge is 0.152 e. The molecule has 1 N–H and O–H groups in total. The van der Waals surface area contributed by atoms with E-state index < -0.39 is 0 Å². The van der Waals surface area contributed by atoms with Crippen LogP contribution in [0.15, 0.2) is 30.5 Å². The summed E-state index contributed by atoms with van der Waals surface area (Å²) >= 11 is 0. The Labute approximate surface area is 63.8 Å². The summed E-state index contributed by atoms with van der Waals surface area (Å²) < 4.78 is 0. The molecule has 0 radical (unpaired) electrons. The number of benzene rings is 1. The van der Waals surface area contributed by atoms with Crippen LogP contribution in [0.5, 0.6) is 0 Å². The Hall–Kier alpha value is -1.57. The van der Waals surface area contributed by atoms with Crippen LogP contribution in [0.2, 0.25) is 0 Å². The molecule has 1 aromatic carbocycles. The largest absolute Gasteiger partial charge is 0.360 e. The van der Waals surface area contributed by atoms with Gasteiger partial charge in [-0.3, -0.25) is 4.79 Å². The predicted molar refractivity (Wildman–Crippen MR) is 43.7 cm³/mol. The van der Waals surface area contributed by atoms with E-state index in [1.165, 1.54) is 0 Å². The number of aromatic amines is 1. The first kappa shape index (κ1) is 6.16. The first-order chi connectivity index (χ1) is 5.42. The molecular weight excluding hydrogens is 139 g/mol. The summed E-state index contributed by atoms with van der Waals surface area (Å²) in [6, 6.07) is 7.73. The van der Waals surface area contributed by atoms with Gasteiger partial charge in [-0.25, -0.2) is 0 Å². The van der Waals surface area contributed by atoms with Crippen LogP contribution in [-0.4, -0.2) is 11.3 Å². The molecule has 2 aromatic rings. The molecule has 0 bridgehead atoms. The number of carbonyl (C=O) groups is 1. The van der Waals surface area contributed by atoms with Crippen LogP contribution in [0, 0.1) is 0 Å². The highest BCUT2D eigenvalue weighted by Gasteiger charge is 1.98. The second-order valence-corrected chi connectivity index (χ2v) is 2.41. The van der Waals surface area contributed by atoms with Crippen LogP contribution in [0.3, 0.4) is 0 Å². The summed E-state index contributed by atoms with van der Waals surface area (Å²) in [5.74, 6) is 0. The third kappa shape index (κ3) is 0.835. The van der Waals surface area contributed by atoms with Crippen LogP contribution in [0.25, 0.3) is 10.9 Å². The van der Waals surface area contributed by atoms with Crippen LogP contribution in [0.4, 0.5) is 0 Å². The molecule has 2 nitrogen and oxygen atoms in total. The maximum Gasteiger partial charge on any atom is 0.152 e. The first-order valence-electron chi connectivity index (χ1n) is 3.43.